The molecular formula is C20H15ClF3N3O2. The van der Waals surface area contributed by atoms with Crippen molar-refractivity contribution >= 4 is 23.3 Å². The number of nitrogens with two attached hydrogens (primary N) is 1. The Kier molecular flexibility index (Phi) is 5.93. The Morgan fingerprint density at radius 2 is 1.86 bits per heavy atom. The number of amides is 1. The number of carbonyl (C=O) groups excluding carboxylic acids is 1. The van der Waals surface area contributed by atoms with Gasteiger partial charge in [-0.3, -0.25) is 4.79 Å². The molecule has 5 nitrogen and oxygen atoms in total. The number of pyridine rings is 1. The number of halogens is 4. The summed E-state index contributed by atoms with van der Waals surface area (Å²) in [5.41, 5.74) is 5.88. The van der Waals surface area contributed by atoms with Crippen LogP contribution in [0.25, 0.3) is 0 Å². The van der Waals surface area contributed by atoms with Crippen LogP contribution < -0.4 is 15.8 Å². The molecule has 1 heterocycles. The lowest BCUT2D eigenvalue weighted by Gasteiger charge is -2.12. The molecule has 0 aliphatic carbocycles. The van der Waals surface area contributed by atoms with E-state index < -0.39 is 11.7 Å². The summed E-state index contributed by atoms with van der Waals surface area (Å²) >= 11 is 5.88. The van der Waals surface area contributed by atoms with Crippen LogP contribution in [0, 0.1) is 0 Å². The van der Waals surface area contributed by atoms with Gasteiger partial charge in [-0.15, -0.1) is 0 Å². The summed E-state index contributed by atoms with van der Waals surface area (Å²) in [5, 5.41) is 2.58. The number of nitrogens with one attached hydrogen (secondary N) is 1. The highest BCUT2D eigenvalue weighted by atomic mass is 35.5. The zero-order valence-electron chi connectivity index (χ0n) is 14.8. The van der Waals surface area contributed by atoms with E-state index in [1.165, 1.54) is 6.20 Å². The maximum absolute atomic E-state index is 12.7. The summed E-state index contributed by atoms with van der Waals surface area (Å²) < 4.78 is 43.6. The van der Waals surface area contributed by atoms with Crippen molar-refractivity contribution in [3.8, 4) is 11.5 Å². The number of alkyl halides is 3. The molecule has 1 aromatic heterocycles. The van der Waals surface area contributed by atoms with Crippen LogP contribution in [0.5, 0.6) is 11.5 Å². The first-order valence-electron chi connectivity index (χ1n) is 8.36. The van der Waals surface area contributed by atoms with E-state index in [9.17, 15) is 18.0 Å². The number of carbonyl (C=O) groups is 1. The molecule has 0 bridgehead atoms. The van der Waals surface area contributed by atoms with Crippen LogP contribution in [0.15, 0.2) is 60.8 Å². The molecule has 3 N–H and O–H groups in total. The summed E-state index contributed by atoms with van der Waals surface area (Å²) in [4.78, 5) is 16.0. The molecule has 0 unspecified atom stereocenters. The lowest BCUT2D eigenvalue weighted by molar-refractivity contribution is -0.137. The maximum Gasteiger partial charge on any atom is 0.416 e. The van der Waals surface area contributed by atoms with E-state index in [-0.39, 0.29) is 34.6 Å². The van der Waals surface area contributed by atoms with E-state index in [1.807, 2.05) is 0 Å². The van der Waals surface area contributed by atoms with Crippen LogP contribution in [0.3, 0.4) is 0 Å². The molecule has 150 valence electrons. The number of hydrogen-bond donors (Lipinski definition) is 2. The number of nitrogen functional groups attached to an aromatic ring is 1. The van der Waals surface area contributed by atoms with Crippen molar-refractivity contribution in [2.45, 2.75) is 12.7 Å². The van der Waals surface area contributed by atoms with Crippen LogP contribution in [0.4, 0.5) is 19.0 Å². The molecule has 3 rings (SSSR count). The minimum absolute atomic E-state index is 0.104. The van der Waals surface area contributed by atoms with Crippen LogP contribution in [0.2, 0.25) is 5.02 Å². The number of aromatic nitrogens is 1. The van der Waals surface area contributed by atoms with Crippen LogP contribution in [-0.4, -0.2) is 10.9 Å². The van der Waals surface area contributed by atoms with Gasteiger partial charge in [-0.05, 0) is 48.0 Å². The fourth-order valence-corrected chi connectivity index (χ4v) is 2.67. The van der Waals surface area contributed by atoms with Crippen LogP contribution in [0.1, 0.15) is 21.5 Å². The first-order chi connectivity index (χ1) is 13.7. The van der Waals surface area contributed by atoms with Gasteiger partial charge in [0.1, 0.15) is 17.3 Å². The SMILES string of the molecule is Nc1ncccc1C(=O)NCc1ccc(Oc2ccc(C(F)(F)F)cc2Cl)cc1. The summed E-state index contributed by atoms with van der Waals surface area (Å²) in [7, 11) is 0. The molecule has 29 heavy (non-hydrogen) atoms. The minimum Gasteiger partial charge on any atom is -0.456 e. The molecule has 0 aliphatic rings. The molecule has 0 spiro atoms. The standard InChI is InChI=1S/C20H15ClF3N3O2/c21-16-10-13(20(22,23)24)5-8-17(16)29-14-6-3-12(4-7-14)11-27-19(28)15-2-1-9-26-18(15)25/h1-10H,11H2,(H2,25,26)(H,27,28). The summed E-state index contributed by atoms with van der Waals surface area (Å²) in [6.07, 6.45) is -2.98. The Hall–Kier alpha value is -3.26. The third kappa shape index (κ3) is 5.17. The van der Waals surface area contributed by atoms with E-state index in [0.717, 1.165) is 23.8 Å². The van der Waals surface area contributed by atoms with Gasteiger partial charge >= 0.3 is 6.18 Å². The van der Waals surface area contributed by atoms with E-state index in [1.54, 1.807) is 36.4 Å². The Bertz CT molecular complexity index is 1020. The highest BCUT2D eigenvalue weighted by molar-refractivity contribution is 6.32. The zero-order chi connectivity index (χ0) is 21.0. The second-order valence-electron chi connectivity index (χ2n) is 6.01. The summed E-state index contributed by atoms with van der Waals surface area (Å²) in [5.74, 6) is 0.278. The van der Waals surface area contributed by atoms with E-state index in [4.69, 9.17) is 22.1 Å². The highest BCUT2D eigenvalue weighted by Gasteiger charge is 2.31. The second-order valence-corrected chi connectivity index (χ2v) is 6.42. The average Bonchev–Trinajstić information content (AvgIpc) is 2.68. The fourth-order valence-electron chi connectivity index (χ4n) is 2.45. The van der Waals surface area contributed by atoms with E-state index in [2.05, 4.69) is 10.3 Å². The van der Waals surface area contributed by atoms with E-state index >= 15 is 0 Å². The predicted octanol–water partition coefficient (Wildman–Crippen LogP) is 5.06. The molecule has 0 aliphatic heterocycles. The topological polar surface area (TPSA) is 77.2 Å². The maximum atomic E-state index is 12.7. The predicted molar refractivity (Wildman–Crippen MR) is 103 cm³/mol. The van der Waals surface area contributed by atoms with Crippen LogP contribution in [-0.2, 0) is 12.7 Å². The average molecular weight is 422 g/mol. The van der Waals surface area contributed by atoms with Gasteiger partial charge in [-0.25, -0.2) is 4.98 Å². The molecule has 1 amide bonds. The Labute approximate surface area is 169 Å². The Balaban J connectivity index is 1.62. The summed E-state index contributed by atoms with van der Waals surface area (Å²) in [6.45, 7) is 0.245. The van der Waals surface area contributed by atoms with Gasteiger partial charge in [0.25, 0.3) is 5.91 Å². The molecule has 3 aromatic rings. The molecule has 0 saturated carbocycles. The van der Waals surface area contributed by atoms with Crippen molar-refractivity contribution in [2.75, 3.05) is 5.73 Å². The fraction of sp³-hybridized carbons (Fsp3) is 0.100. The van der Waals surface area contributed by atoms with Gasteiger partial charge in [0.15, 0.2) is 0 Å². The smallest absolute Gasteiger partial charge is 0.416 e. The van der Waals surface area contributed by atoms with Crippen molar-refractivity contribution in [3.05, 3.63) is 82.5 Å². The molecule has 0 atom stereocenters. The molecule has 9 heteroatoms. The van der Waals surface area contributed by atoms with E-state index in [0.29, 0.717) is 5.75 Å². The molecular weight excluding hydrogens is 407 g/mol. The quantitative estimate of drug-likeness (QED) is 0.603. The van der Waals surface area contributed by atoms with Crippen molar-refractivity contribution in [1.82, 2.24) is 10.3 Å². The Morgan fingerprint density at radius 3 is 2.48 bits per heavy atom. The third-order valence-electron chi connectivity index (χ3n) is 3.95. The molecule has 2 aromatic carbocycles. The lowest BCUT2D eigenvalue weighted by atomic mass is 10.2. The Morgan fingerprint density at radius 1 is 1.14 bits per heavy atom. The molecule has 0 fully saturated rings. The van der Waals surface area contributed by atoms with Crippen molar-refractivity contribution in [2.24, 2.45) is 0 Å². The number of hydrogen-bond acceptors (Lipinski definition) is 4. The molecule has 0 saturated heterocycles. The lowest BCUT2D eigenvalue weighted by Crippen LogP contribution is -2.24. The first kappa shape index (κ1) is 20.5. The third-order valence-corrected chi connectivity index (χ3v) is 4.24. The van der Waals surface area contributed by atoms with Gasteiger partial charge in [-0.1, -0.05) is 23.7 Å². The first-order valence-corrected chi connectivity index (χ1v) is 8.74. The van der Waals surface area contributed by atoms with Crippen LogP contribution >= 0.6 is 11.6 Å². The zero-order valence-corrected chi connectivity index (χ0v) is 15.6. The van der Waals surface area contributed by atoms with Crippen molar-refractivity contribution in [1.29, 1.82) is 0 Å². The summed E-state index contributed by atoms with van der Waals surface area (Å²) in [6, 6.07) is 12.7. The second kappa shape index (κ2) is 8.40. The number of rotatable bonds is 5. The van der Waals surface area contributed by atoms with Crippen molar-refractivity contribution < 1.29 is 22.7 Å². The van der Waals surface area contributed by atoms with Gasteiger partial charge in [-0.2, -0.15) is 13.2 Å². The minimum atomic E-state index is -4.48. The monoisotopic (exact) mass is 421 g/mol. The largest absolute Gasteiger partial charge is 0.456 e. The highest BCUT2D eigenvalue weighted by Crippen LogP contribution is 2.36. The van der Waals surface area contributed by atoms with Gasteiger partial charge < -0.3 is 15.8 Å². The van der Waals surface area contributed by atoms with Crippen molar-refractivity contribution in [3.63, 3.8) is 0 Å². The molecule has 0 radical (unpaired) electrons. The number of ether oxygens (including phenoxy) is 1. The van der Waals surface area contributed by atoms with Gasteiger partial charge in [0.2, 0.25) is 0 Å². The number of nitrogens with zero attached hydrogens (tertiary/aromatic N) is 1. The number of benzene rings is 2. The van der Waals surface area contributed by atoms with Gasteiger partial charge in [0.05, 0.1) is 16.1 Å². The normalized spacial score (nSPS) is 11.2. The van der Waals surface area contributed by atoms with Gasteiger partial charge in [0, 0.05) is 12.7 Å². The number of anilines is 1.